The molecule has 1 N–H and O–H groups in total. The van der Waals surface area contributed by atoms with Gasteiger partial charge in [-0.25, -0.2) is 13.2 Å². The molecule has 154 valence electrons. The fourth-order valence-electron chi connectivity index (χ4n) is 3.06. The third kappa shape index (κ3) is 3.98. The van der Waals surface area contributed by atoms with Crippen molar-refractivity contribution in [1.29, 1.82) is 0 Å². The van der Waals surface area contributed by atoms with E-state index in [2.05, 4.69) is 5.32 Å². The Morgan fingerprint density at radius 1 is 1.03 bits per heavy atom. The van der Waals surface area contributed by atoms with Gasteiger partial charge < -0.3 is 5.32 Å². The van der Waals surface area contributed by atoms with E-state index in [0.717, 1.165) is 18.2 Å². The van der Waals surface area contributed by atoms with Gasteiger partial charge in [0.05, 0.1) is 16.2 Å². The molecule has 1 heterocycles. The van der Waals surface area contributed by atoms with Crippen LogP contribution in [0.2, 0.25) is 0 Å². The Morgan fingerprint density at radius 3 is 2.31 bits per heavy atom. The first-order chi connectivity index (χ1) is 13.4. The number of alkyl halides is 3. The number of sulfone groups is 1. The highest BCUT2D eigenvalue weighted by Crippen LogP contribution is 2.34. The van der Waals surface area contributed by atoms with Gasteiger partial charge in [0, 0.05) is 6.54 Å². The Bertz CT molecular complexity index is 1050. The molecule has 2 aromatic carbocycles. The topological polar surface area (TPSA) is 83.6 Å². The number of benzene rings is 2. The van der Waals surface area contributed by atoms with Gasteiger partial charge in [0.1, 0.15) is 5.54 Å². The van der Waals surface area contributed by atoms with E-state index in [4.69, 9.17) is 0 Å². The highest BCUT2D eigenvalue weighted by molar-refractivity contribution is 7.91. The zero-order chi connectivity index (χ0) is 21.4. The molecule has 1 aliphatic rings. The van der Waals surface area contributed by atoms with E-state index in [-0.39, 0.29) is 10.5 Å². The predicted molar refractivity (Wildman–Crippen MR) is 97.5 cm³/mol. The summed E-state index contributed by atoms with van der Waals surface area (Å²) in [4.78, 5) is 25.9. The SMILES string of the molecule is C[C@]1(c2cccc(C(F)(F)F)c2)NC(=O)N(CCS(=O)(=O)c2ccccc2)C1=O. The van der Waals surface area contributed by atoms with Crippen molar-refractivity contribution < 1.29 is 31.2 Å². The highest BCUT2D eigenvalue weighted by atomic mass is 32.2. The largest absolute Gasteiger partial charge is 0.416 e. The molecule has 0 bridgehead atoms. The molecule has 10 heteroatoms. The van der Waals surface area contributed by atoms with Crippen molar-refractivity contribution >= 4 is 21.8 Å². The van der Waals surface area contributed by atoms with Gasteiger partial charge in [-0.05, 0) is 36.8 Å². The number of hydrogen-bond donors (Lipinski definition) is 1. The van der Waals surface area contributed by atoms with Crippen molar-refractivity contribution in [2.24, 2.45) is 0 Å². The van der Waals surface area contributed by atoms with Crippen LogP contribution in [0.3, 0.4) is 0 Å². The summed E-state index contributed by atoms with van der Waals surface area (Å²) in [6.45, 7) is 0.866. The van der Waals surface area contributed by atoms with E-state index < -0.39 is 51.4 Å². The molecule has 0 unspecified atom stereocenters. The Kier molecular flexibility index (Phi) is 5.16. The number of rotatable bonds is 5. The molecule has 0 saturated carbocycles. The van der Waals surface area contributed by atoms with E-state index in [1.807, 2.05) is 0 Å². The molecule has 0 radical (unpaired) electrons. The van der Waals surface area contributed by atoms with Gasteiger partial charge in [-0.2, -0.15) is 13.2 Å². The third-order valence-corrected chi connectivity index (χ3v) is 6.44. The first-order valence-corrected chi connectivity index (χ1v) is 10.2. The first kappa shape index (κ1) is 20.8. The van der Waals surface area contributed by atoms with Crippen LogP contribution in [0.1, 0.15) is 18.1 Å². The van der Waals surface area contributed by atoms with Crippen LogP contribution < -0.4 is 5.32 Å². The molecule has 29 heavy (non-hydrogen) atoms. The van der Waals surface area contributed by atoms with Crippen molar-refractivity contribution in [3.05, 3.63) is 65.7 Å². The Balaban J connectivity index is 1.83. The summed E-state index contributed by atoms with van der Waals surface area (Å²) in [6, 6.07) is 10.8. The summed E-state index contributed by atoms with van der Waals surface area (Å²) in [6.07, 6.45) is -4.61. The quantitative estimate of drug-likeness (QED) is 0.746. The number of halogens is 3. The van der Waals surface area contributed by atoms with Gasteiger partial charge >= 0.3 is 12.2 Å². The molecular formula is C19H17F3N2O4S. The number of hydrogen-bond acceptors (Lipinski definition) is 4. The lowest BCUT2D eigenvalue weighted by molar-refractivity contribution is -0.138. The Morgan fingerprint density at radius 2 is 1.69 bits per heavy atom. The standard InChI is InChI=1S/C19H17F3N2O4S/c1-18(13-6-5-7-14(12-13)19(20,21)22)16(25)24(17(26)23-18)10-11-29(27,28)15-8-3-2-4-9-15/h2-9,12H,10-11H2,1H3,(H,23,26)/t18-/m1/s1. The van der Waals surface area contributed by atoms with Crippen molar-refractivity contribution in [1.82, 2.24) is 10.2 Å². The molecule has 0 aliphatic carbocycles. The maximum Gasteiger partial charge on any atom is 0.416 e. The molecule has 2 aromatic rings. The number of urea groups is 1. The number of carbonyl (C=O) groups excluding carboxylic acids is 2. The molecule has 3 rings (SSSR count). The smallest absolute Gasteiger partial charge is 0.319 e. The first-order valence-electron chi connectivity index (χ1n) is 8.55. The number of carbonyl (C=O) groups is 2. The maximum atomic E-state index is 13.0. The molecule has 6 nitrogen and oxygen atoms in total. The zero-order valence-corrected chi connectivity index (χ0v) is 16.0. The number of imide groups is 1. The fraction of sp³-hybridized carbons (Fsp3) is 0.263. The van der Waals surface area contributed by atoms with Gasteiger partial charge in [0.2, 0.25) is 0 Å². The summed E-state index contributed by atoms with van der Waals surface area (Å²) in [5.74, 6) is -1.32. The maximum absolute atomic E-state index is 13.0. The van der Waals surface area contributed by atoms with Crippen LogP contribution in [-0.2, 0) is 26.3 Å². The summed E-state index contributed by atoms with van der Waals surface area (Å²) < 4.78 is 63.8. The zero-order valence-electron chi connectivity index (χ0n) is 15.2. The van der Waals surface area contributed by atoms with E-state index in [0.29, 0.717) is 4.90 Å². The second-order valence-electron chi connectivity index (χ2n) is 6.72. The van der Waals surface area contributed by atoms with Gasteiger partial charge in [-0.1, -0.05) is 30.3 Å². The van der Waals surface area contributed by atoms with Gasteiger partial charge in [-0.15, -0.1) is 0 Å². The highest BCUT2D eigenvalue weighted by Gasteiger charge is 2.49. The Hall–Kier alpha value is -2.88. The van der Waals surface area contributed by atoms with Crippen molar-refractivity contribution in [3.8, 4) is 0 Å². The van der Waals surface area contributed by atoms with E-state index in [1.165, 1.54) is 25.1 Å². The lowest BCUT2D eigenvalue weighted by Gasteiger charge is -2.23. The second-order valence-corrected chi connectivity index (χ2v) is 8.83. The number of nitrogens with one attached hydrogen (secondary N) is 1. The minimum atomic E-state index is -4.61. The van der Waals surface area contributed by atoms with Crippen molar-refractivity contribution in [2.45, 2.75) is 23.5 Å². The second kappa shape index (κ2) is 7.18. The minimum Gasteiger partial charge on any atom is -0.319 e. The number of nitrogens with zero attached hydrogens (tertiary/aromatic N) is 1. The third-order valence-electron chi connectivity index (χ3n) is 4.73. The minimum absolute atomic E-state index is 0.0425. The van der Waals surface area contributed by atoms with Crippen LogP contribution in [0.5, 0.6) is 0 Å². The lowest BCUT2D eigenvalue weighted by atomic mass is 9.90. The van der Waals surface area contributed by atoms with E-state index >= 15 is 0 Å². The van der Waals surface area contributed by atoms with Gasteiger partial charge in [-0.3, -0.25) is 9.69 Å². The fourth-order valence-corrected chi connectivity index (χ4v) is 4.29. The van der Waals surface area contributed by atoms with Gasteiger partial charge in [0.25, 0.3) is 5.91 Å². The van der Waals surface area contributed by atoms with E-state index in [1.54, 1.807) is 18.2 Å². The predicted octanol–water partition coefficient (Wildman–Crippen LogP) is 2.95. The molecule has 0 aromatic heterocycles. The molecule has 1 atom stereocenters. The average molecular weight is 426 g/mol. The molecule has 0 spiro atoms. The summed E-state index contributed by atoms with van der Waals surface area (Å²) in [7, 11) is -3.75. The van der Waals surface area contributed by atoms with Crippen molar-refractivity contribution in [3.63, 3.8) is 0 Å². The molecule has 1 aliphatic heterocycles. The molecule has 1 saturated heterocycles. The summed E-state index contributed by atoms with van der Waals surface area (Å²) in [5.41, 5.74) is -2.73. The van der Waals surface area contributed by atoms with Crippen LogP contribution in [-0.4, -0.2) is 37.6 Å². The summed E-state index contributed by atoms with van der Waals surface area (Å²) >= 11 is 0. The van der Waals surface area contributed by atoms with Crippen LogP contribution in [0.15, 0.2) is 59.5 Å². The van der Waals surface area contributed by atoms with Crippen LogP contribution in [0, 0.1) is 0 Å². The van der Waals surface area contributed by atoms with Crippen molar-refractivity contribution in [2.75, 3.05) is 12.3 Å². The Labute approximate surface area is 165 Å². The van der Waals surface area contributed by atoms with E-state index in [9.17, 15) is 31.2 Å². The summed E-state index contributed by atoms with van der Waals surface area (Å²) in [5, 5.41) is 2.38. The van der Waals surface area contributed by atoms with Crippen LogP contribution in [0.4, 0.5) is 18.0 Å². The lowest BCUT2D eigenvalue weighted by Crippen LogP contribution is -2.41. The number of amides is 3. The average Bonchev–Trinajstić information content (AvgIpc) is 2.90. The van der Waals surface area contributed by atoms with Crippen LogP contribution in [0.25, 0.3) is 0 Å². The normalized spacial score (nSPS) is 20.1. The monoisotopic (exact) mass is 426 g/mol. The molecule has 3 amide bonds. The van der Waals surface area contributed by atoms with Gasteiger partial charge in [0.15, 0.2) is 9.84 Å². The molecule has 1 fully saturated rings. The van der Waals surface area contributed by atoms with Crippen LogP contribution >= 0.6 is 0 Å². The molecular weight excluding hydrogens is 409 g/mol.